The zero-order valence-electron chi connectivity index (χ0n) is 7.97. The van der Waals surface area contributed by atoms with E-state index in [2.05, 4.69) is 10.2 Å². The molecule has 0 atom stereocenters. The summed E-state index contributed by atoms with van der Waals surface area (Å²) in [6.07, 6.45) is 1.91. The summed E-state index contributed by atoms with van der Waals surface area (Å²) in [6, 6.07) is 3.87. The van der Waals surface area contributed by atoms with Gasteiger partial charge in [-0.25, -0.2) is 0 Å². The number of hydrogen-bond donors (Lipinski definition) is 1. The third-order valence-corrected chi connectivity index (χ3v) is 2.08. The van der Waals surface area contributed by atoms with E-state index in [1.807, 2.05) is 22.7 Å². The second-order valence-electron chi connectivity index (χ2n) is 2.98. The van der Waals surface area contributed by atoms with Gasteiger partial charge in [-0.05, 0) is 6.07 Å². The Bertz CT molecular complexity index is 437. The van der Waals surface area contributed by atoms with E-state index in [0.717, 1.165) is 17.0 Å². The van der Waals surface area contributed by atoms with Crippen molar-refractivity contribution >= 4 is 5.65 Å². The van der Waals surface area contributed by atoms with Crippen molar-refractivity contribution in [2.24, 2.45) is 5.73 Å². The van der Waals surface area contributed by atoms with Crippen LogP contribution < -0.4 is 5.73 Å². The summed E-state index contributed by atoms with van der Waals surface area (Å²) in [7, 11) is 1.63. The summed E-state index contributed by atoms with van der Waals surface area (Å²) in [4.78, 5) is 0. The summed E-state index contributed by atoms with van der Waals surface area (Å²) >= 11 is 0. The molecule has 0 saturated heterocycles. The van der Waals surface area contributed by atoms with Crippen molar-refractivity contribution in [1.82, 2.24) is 14.6 Å². The van der Waals surface area contributed by atoms with Crippen LogP contribution in [-0.2, 0) is 17.9 Å². The lowest BCUT2D eigenvalue weighted by molar-refractivity contribution is 0.177. The van der Waals surface area contributed by atoms with Gasteiger partial charge in [0.15, 0.2) is 11.5 Å². The van der Waals surface area contributed by atoms with E-state index in [4.69, 9.17) is 10.5 Å². The van der Waals surface area contributed by atoms with E-state index < -0.39 is 0 Å². The fraction of sp³-hybridized carbons (Fsp3) is 0.333. The molecule has 5 heteroatoms. The van der Waals surface area contributed by atoms with Crippen LogP contribution in [0.25, 0.3) is 5.65 Å². The van der Waals surface area contributed by atoms with Crippen molar-refractivity contribution in [2.45, 2.75) is 13.2 Å². The Morgan fingerprint density at radius 2 is 2.36 bits per heavy atom. The van der Waals surface area contributed by atoms with Crippen LogP contribution in [0.1, 0.15) is 11.4 Å². The molecule has 0 aromatic carbocycles. The van der Waals surface area contributed by atoms with E-state index in [1.54, 1.807) is 7.11 Å². The number of nitrogens with two attached hydrogens (primary N) is 1. The first kappa shape index (κ1) is 9.11. The highest BCUT2D eigenvalue weighted by Crippen LogP contribution is 2.09. The number of nitrogens with zero attached hydrogens (tertiary/aromatic N) is 3. The average molecular weight is 192 g/mol. The van der Waals surface area contributed by atoms with E-state index in [0.29, 0.717) is 13.2 Å². The molecule has 0 aliphatic rings. The number of ether oxygens (including phenoxy) is 1. The Labute approximate surface area is 81.5 Å². The molecule has 0 bridgehead atoms. The first-order valence-electron chi connectivity index (χ1n) is 4.37. The minimum atomic E-state index is 0.454. The van der Waals surface area contributed by atoms with Crippen LogP contribution in [0.15, 0.2) is 18.3 Å². The van der Waals surface area contributed by atoms with Crippen molar-refractivity contribution in [1.29, 1.82) is 0 Å². The molecule has 0 aliphatic carbocycles. The Balaban J connectivity index is 2.57. The highest BCUT2D eigenvalue weighted by atomic mass is 16.5. The van der Waals surface area contributed by atoms with Gasteiger partial charge in [0.1, 0.15) is 6.61 Å². The predicted octanol–water partition coefficient (Wildman–Crippen LogP) is 0.334. The molecule has 0 radical (unpaired) electrons. The van der Waals surface area contributed by atoms with Gasteiger partial charge in [0.2, 0.25) is 0 Å². The average Bonchev–Trinajstić information content (AvgIpc) is 2.62. The van der Waals surface area contributed by atoms with Gasteiger partial charge in [0.05, 0.1) is 0 Å². The van der Waals surface area contributed by atoms with Gasteiger partial charge in [-0.15, -0.1) is 10.2 Å². The molecular formula is C9H12N4O. The van der Waals surface area contributed by atoms with Crippen LogP contribution in [0.3, 0.4) is 0 Å². The van der Waals surface area contributed by atoms with Crippen molar-refractivity contribution in [3.63, 3.8) is 0 Å². The third kappa shape index (κ3) is 1.36. The zero-order chi connectivity index (χ0) is 9.97. The third-order valence-electron chi connectivity index (χ3n) is 2.08. The van der Waals surface area contributed by atoms with E-state index in [1.165, 1.54) is 0 Å². The van der Waals surface area contributed by atoms with Crippen molar-refractivity contribution in [3.8, 4) is 0 Å². The van der Waals surface area contributed by atoms with Gasteiger partial charge in [0, 0.05) is 25.4 Å². The normalized spacial score (nSPS) is 11.0. The van der Waals surface area contributed by atoms with Crippen molar-refractivity contribution < 1.29 is 4.74 Å². The largest absolute Gasteiger partial charge is 0.377 e. The first-order valence-corrected chi connectivity index (χ1v) is 4.37. The molecule has 2 N–H and O–H groups in total. The summed E-state index contributed by atoms with van der Waals surface area (Å²) in [5.74, 6) is 0.790. The molecule has 0 spiro atoms. The van der Waals surface area contributed by atoms with Crippen molar-refractivity contribution in [3.05, 3.63) is 29.7 Å². The molecule has 0 amide bonds. The molecule has 0 fully saturated rings. The van der Waals surface area contributed by atoms with E-state index in [9.17, 15) is 0 Å². The maximum absolute atomic E-state index is 5.59. The second kappa shape index (κ2) is 3.73. The molecule has 2 aromatic heterocycles. The van der Waals surface area contributed by atoms with E-state index in [-0.39, 0.29) is 0 Å². The van der Waals surface area contributed by atoms with Gasteiger partial charge < -0.3 is 10.5 Å². The fourth-order valence-electron chi connectivity index (χ4n) is 1.41. The number of methoxy groups -OCH3 is 1. The summed E-state index contributed by atoms with van der Waals surface area (Å²) in [5.41, 5.74) is 7.38. The van der Waals surface area contributed by atoms with Crippen molar-refractivity contribution in [2.75, 3.05) is 7.11 Å². The minimum Gasteiger partial charge on any atom is -0.377 e. The molecule has 5 nitrogen and oxygen atoms in total. The highest BCUT2D eigenvalue weighted by Gasteiger charge is 2.06. The predicted molar refractivity (Wildman–Crippen MR) is 51.6 cm³/mol. The van der Waals surface area contributed by atoms with Crippen LogP contribution in [0.4, 0.5) is 0 Å². The Hall–Kier alpha value is -1.46. The van der Waals surface area contributed by atoms with Gasteiger partial charge in [-0.3, -0.25) is 4.40 Å². The molecule has 74 valence electrons. The van der Waals surface area contributed by atoms with Gasteiger partial charge in [0.25, 0.3) is 0 Å². The van der Waals surface area contributed by atoms with E-state index >= 15 is 0 Å². The smallest absolute Gasteiger partial charge is 0.165 e. The maximum Gasteiger partial charge on any atom is 0.165 e. The quantitative estimate of drug-likeness (QED) is 0.761. The van der Waals surface area contributed by atoms with Crippen LogP contribution >= 0.6 is 0 Å². The fourth-order valence-corrected chi connectivity index (χ4v) is 1.41. The number of aromatic nitrogens is 3. The van der Waals surface area contributed by atoms with Gasteiger partial charge in [-0.2, -0.15) is 0 Å². The summed E-state index contributed by atoms with van der Waals surface area (Å²) in [6.45, 7) is 0.921. The Kier molecular flexibility index (Phi) is 2.43. The molecular weight excluding hydrogens is 180 g/mol. The molecule has 2 heterocycles. The molecule has 2 rings (SSSR count). The lowest BCUT2D eigenvalue weighted by atomic mass is 10.3. The summed E-state index contributed by atoms with van der Waals surface area (Å²) in [5, 5.41) is 8.09. The number of pyridine rings is 1. The first-order chi connectivity index (χ1) is 6.86. The number of rotatable bonds is 3. The van der Waals surface area contributed by atoms with Gasteiger partial charge >= 0.3 is 0 Å². The maximum atomic E-state index is 5.59. The monoisotopic (exact) mass is 192 g/mol. The topological polar surface area (TPSA) is 65.4 Å². The van der Waals surface area contributed by atoms with Crippen LogP contribution in [0, 0.1) is 0 Å². The lowest BCUT2D eigenvalue weighted by Crippen LogP contribution is -2.01. The number of hydrogen-bond acceptors (Lipinski definition) is 4. The van der Waals surface area contributed by atoms with Gasteiger partial charge in [-0.1, -0.05) is 6.07 Å². The standard InChI is InChI=1S/C9H12N4O/c1-14-6-8-11-12-9-7(5-10)3-2-4-13(8)9/h2-4H,5-6,10H2,1H3. The van der Waals surface area contributed by atoms with Crippen LogP contribution in [0.2, 0.25) is 0 Å². The van der Waals surface area contributed by atoms with Crippen LogP contribution in [0.5, 0.6) is 0 Å². The molecule has 0 aliphatic heterocycles. The second-order valence-corrected chi connectivity index (χ2v) is 2.98. The SMILES string of the molecule is COCc1nnc2c(CN)cccn12. The molecule has 0 unspecified atom stereocenters. The summed E-state index contributed by atoms with van der Waals surface area (Å²) < 4.78 is 6.91. The van der Waals surface area contributed by atoms with Crippen LogP contribution in [-0.4, -0.2) is 21.7 Å². The molecule has 14 heavy (non-hydrogen) atoms. The minimum absolute atomic E-state index is 0.454. The zero-order valence-corrected chi connectivity index (χ0v) is 7.97. The Morgan fingerprint density at radius 3 is 3.07 bits per heavy atom. The molecule has 0 saturated carbocycles. The highest BCUT2D eigenvalue weighted by molar-refractivity contribution is 5.47. The number of fused-ring (bicyclic) bond motifs is 1. The molecule has 2 aromatic rings. The Morgan fingerprint density at radius 1 is 1.50 bits per heavy atom. The lowest BCUT2D eigenvalue weighted by Gasteiger charge is -2.00.